The van der Waals surface area contributed by atoms with E-state index in [2.05, 4.69) is 24.7 Å². The number of benzene rings is 2. The van der Waals surface area contributed by atoms with Gasteiger partial charge in [0.1, 0.15) is 18.2 Å². The minimum absolute atomic E-state index is 0.0166. The number of ether oxygens (including phenoxy) is 1. The molecule has 0 bridgehead atoms. The zero-order chi connectivity index (χ0) is 29.3. The first kappa shape index (κ1) is 13.1. The molecule has 3 heterocycles. The molecule has 0 spiro atoms. The van der Waals surface area contributed by atoms with Crippen LogP contribution < -0.4 is 4.90 Å². The number of aliphatic hydroxyl groups is 1. The van der Waals surface area contributed by atoms with Crippen LogP contribution in [0.1, 0.15) is 34.0 Å². The van der Waals surface area contributed by atoms with Crippen LogP contribution in [0.2, 0.25) is 0 Å². The fraction of sp³-hybridized carbons (Fsp3) is 0.250. The van der Waals surface area contributed by atoms with Crippen LogP contribution in [-0.2, 0) is 4.74 Å². The average Bonchev–Trinajstić information content (AvgIpc) is 2.87. The molecule has 1 atom stereocenters. The van der Waals surface area contributed by atoms with E-state index in [-0.39, 0.29) is 27.8 Å². The summed E-state index contributed by atoms with van der Waals surface area (Å²) in [4.78, 5) is 17.0. The minimum Gasteiger partial charge on any atom is -0.382 e. The molecule has 1 aliphatic rings. The van der Waals surface area contributed by atoms with Crippen LogP contribution in [0.3, 0.4) is 0 Å². The summed E-state index contributed by atoms with van der Waals surface area (Å²) >= 11 is 0. The van der Waals surface area contributed by atoms with Gasteiger partial charge in [-0.2, -0.15) is 0 Å². The zero-order valence-electron chi connectivity index (χ0n) is 24.7. The molecule has 0 unspecified atom stereocenters. The summed E-state index contributed by atoms with van der Waals surface area (Å²) in [7, 11) is 0. The number of morpholine rings is 1. The van der Waals surface area contributed by atoms with Crippen LogP contribution in [0.15, 0.2) is 55.1 Å². The molecule has 5 rings (SSSR count). The van der Waals surface area contributed by atoms with E-state index >= 15 is 4.39 Å². The maximum absolute atomic E-state index is 15.1. The van der Waals surface area contributed by atoms with E-state index in [1.54, 1.807) is 6.92 Å². The van der Waals surface area contributed by atoms with Gasteiger partial charge in [0.15, 0.2) is 0 Å². The van der Waals surface area contributed by atoms with E-state index in [0.717, 1.165) is 6.33 Å². The van der Waals surface area contributed by atoms with Crippen LogP contribution in [0.4, 0.5) is 10.1 Å². The minimum atomic E-state index is -3.22. The van der Waals surface area contributed by atoms with Crippen LogP contribution in [0.25, 0.3) is 22.2 Å². The number of anilines is 1. The quantitative estimate of drug-likeness (QED) is 0.521. The molecular formula is C24H22FN5O2. The van der Waals surface area contributed by atoms with Gasteiger partial charge in [-0.1, -0.05) is 6.07 Å². The van der Waals surface area contributed by atoms with Gasteiger partial charge in [-0.05, 0) is 42.8 Å². The first-order valence-corrected chi connectivity index (χ1v) is 9.59. The highest BCUT2D eigenvalue weighted by Crippen LogP contribution is 2.33. The number of aryl methyl sites for hydroxylation is 1. The Morgan fingerprint density at radius 3 is 2.69 bits per heavy atom. The molecule has 2 aromatic carbocycles. The Morgan fingerprint density at radius 2 is 1.88 bits per heavy atom. The van der Waals surface area contributed by atoms with Gasteiger partial charge in [0.2, 0.25) is 0 Å². The normalized spacial score (nSPS) is 25.2. The van der Waals surface area contributed by atoms with Crippen molar-refractivity contribution in [3.8, 4) is 11.3 Å². The highest BCUT2D eigenvalue weighted by Gasteiger charge is 2.19. The monoisotopic (exact) mass is 439 g/mol. The molecule has 2 aromatic heterocycles. The summed E-state index contributed by atoms with van der Waals surface area (Å²) in [6, 6.07) is 7.83. The third-order valence-electron chi connectivity index (χ3n) is 5.03. The number of nitrogens with zero attached hydrogens (tertiary/aromatic N) is 5. The lowest BCUT2D eigenvalue weighted by Crippen LogP contribution is -2.36. The summed E-state index contributed by atoms with van der Waals surface area (Å²) in [5.41, 5.74) is 1.15. The fourth-order valence-electron chi connectivity index (χ4n) is 3.46. The second-order valence-electron chi connectivity index (χ2n) is 6.96. The van der Waals surface area contributed by atoms with Crippen molar-refractivity contribution in [2.75, 3.05) is 31.0 Å². The number of fused-ring (bicyclic) bond motifs is 1. The second-order valence-corrected chi connectivity index (χ2v) is 6.96. The largest absolute Gasteiger partial charge is 0.382 e. The summed E-state index contributed by atoms with van der Waals surface area (Å²) in [5, 5.41) is 11.2. The summed E-state index contributed by atoms with van der Waals surface area (Å²) in [6.07, 6.45) is 2.84. The second kappa shape index (κ2) is 8.57. The number of aliphatic hydroxyl groups excluding tert-OH is 1. The SMILES string of the molecule is [2H]C1([2H])OC([2H])([2H])C([2H])([2H])N(c2ccc3c(-c4cc([C@@H](O)c5nccnc5C)ccc4F)ncnc3c2)C1([2H])[2H]. The Balaban J connectivity index is 1.62. The molecule has 4 aromatic rings. The predicted molar refractivity (Wildman–Crippen MR) is 119 cm³/mol. The number of halogens is 1. The Labute approximate surface area is 195 Å². The first-order chi connectivity index (χ1) is 18.6. The summed E-state index contributed by atoms with van der Waals surface area (Å²) in [6.45, 7) is -11.0. The topological polar surface area (TPSA) is 84.3 Å². The van der Waals surface area contributed by atoms with Gasteiger partial charge >= 0.3 is 0 Å². The van der Waals surface area contributed by atoms with Gasteiger partial charge in [-0.3, -0.25) is 9.97 Å². The van der Waals surface area contributed by atoms with Crippen LogP contribution in [0.5, 0.6) is 0 Å². The smallest absolute Gasteiger partial charge is 0.132 e. The van der Waals surface area contributed by atoms with Crippen molar-refractivity contribution in [1.29, 1.82) is 0 Å². The average molecular weight is 440 g/mol. The fourth-order valence-corrected chi connectivity index (χ4v) is 3.46. The first-order valence-electron chi connectivity index (χ1n) is 13.6. The molecule has 1 aliphatic heterocycles. The van der Waals surface area contributed by atoms with Crippen molar-refractivity contribution < 1.29 is 25.2 Å². The Morgan fingerprint density at radius 1 is 1.06 bits per heavy atom. The van der Waals surface area contributed by atoms with Gasteiger partial charge in [0, 0.05) is 42.0 Å². The van der Waals surface area contributed by atoms with Crippen molar-refractivity contribution in [1.82, 2.24) is 19.9 Å². The van der Waals surface area contributed by atoms with E-state index in [4.69, 9.17) is 11.0 Å². The lowest BCUT2D eigenvalue weighted by atomic mass is 9.98. The zero-order valence-corrected chi connectivity index (χ0v) is 16.7. The van der Waals surface area contributed by atoms with Crippen molar-refractivity contribution >= 4 is 16.6 Å². The molecule has 32 heavy (non-hydrogen) atoms. The third-order valence-corrected chi connectivity index (χ3v) is 5.03. The lowest BCUT2D eigenvalue weighted by Gasteiger charge is -2.29. The molecule has 1 N–H and O–H groups in total. The molecule has 8 heteroatoms. The number of rotatable bonds is 4. The van der Waals surface area contributed by atoms with Gasteiger partial charge in [0.05, 0.1) is 46.7 Å². The number of aromatic nitrogens is 4. The van der Waals surface area contributed by atoms with Crippen LogP contribution in [0, 0.1) is 12.7 Å². The van der Waals surface area contributed by atoms with Crippen molar-refractivity contribution in [2.24, 2.45) is 0 Å². The maximum Gasteiger partial charge on any atom is 0.132 e. The van der Waals surface area contributed by atoms with E-state index in [1.807, 2.05) is 0 Å². The maximum atomic E-state index is 15.1. The molecule has 1 fully saturated rings. The molecule has 7 nitrogen and oxygen atoms in total. The lowest BCUT2D eigenvalue weighted by molar-refractivity contribution is 0.122. The molecule has 162 valence electrons. The summed E-state index contributed by atoms with van der Waals surface area (Å²) < 4.78 is 84.5. The van der Waals surface area contributed by atoms with Gasteiger partial charge in [0.25, 0.3) is 0 Å². The third kappa shape index (κ3) is 3.79. The highest BCUT2D eigenvalue weighted by molar-refractivity contribution is 5.94. The number of hydrogen-bond donors (Lipinski definition) is 1. The van der Waals surface area contributed by atoms with E-state index < -0.39 is 38.0 Å². The van der Waals surface area contributed by atoms with E-state index in [0.29, 0.717) is 21.9 Å². The van der Waals surface area contributed by atoms with Gasteiger partial charge in [-0.25, -0.2) is 14.4 Å². The Bertz CT molecular complexity index is 1600. The molecule has 0 saturated carbocycles. The molecule has 1 saturated heterocycles. The van der Waals surface area contributed by atoms with Gasteiger partial charge in [-0.15, -0.1) is 0 Å². The number of hydrogen-bond acceptors (Lipinski definition) is 7. The van der Waals surface area contributed by atoms with Crippen LogP contribution >= 0.6 is 0 Å². The van der Waals surface area contributed by atoms with Crippen molar-refractivity contribution in [3.63, 3.8) is 0 Å². The van der Waals surface area contributed by atoms with Gasteiger partial charge < -0.3 is 14.7 Å². The van der Waals surface area contributed by atoms with E-state index in [1.165, 1.54) is 48.8 Å². The van der Waals surface area contributed by atoms with Crippen molar-refractivity contribution in [2.45, 2.75) is 13.0 Å². The molecule has 0 aliphatic carbocycles. The molecule has 0 radical (unpaired) electrons. The Hall–Kier alpha value is -3.49. The molecular weight excluding hydrogens is 409 g/mol. The standard InChI is InChI=1S/C24H22FN5O2/c1-15-22(27-7-6-26-15)24(31)16-2-5-20(25)19(12-16)23-18-4-3-17(13-21(18)28-14-29-23)30-8-10-32-11-9-30/h2-7,12-14,24,31H,8-11H2,1H3/t24-/m1/s1/i8D2,9D2,10D2,11D2. The van der Waals surface area contributed by atoms with Crippen molar-refractivity contribution in [3.05, 3.63) is 77.9 Å². The highest BCUT2D eigenvalue weighted by atomic mass is 19.1. The van der Waals surface area contributed by atoms with Crippen LogP contribution in [-0.4, -0.2) is 51.2 Å². The molecule has 0 amide bonds. The van der Waals surface area contributed by atoms with E-state index in [9.17, 15) is 5.11 Å². The summed E-state index contributed by atoms with van der Waals surface area (Å²) in [5.74, 6) is -0.655. The Kier molecular flexibility index (Phi) is 3.52. The predicted octanol–water partition coefficient (Wildman–Crippen LogP) is 3.45.